The number of thiazole rings is 1. The third kappa shape index (κ3) is 3.83. The monoisotopic (exact) mass is 493 g/mol. The number of Topliss-reactive ketones (excluding diaryl/α,β-unsaturated/α-hetero) is 1. The minimum absolute atomic E-state index is 0.0739. The number of aromatic nitrogens is 2. The molecule has 0 spiro atoms. The zero-order valence-electron chi connectivity index (χ0n) is 18.4. The van der Waals surface area contributed by atoms with Crippen molar-refractivity contribution in [3.05, 3.63) is 82.4 Å². The maximum Gasteiger partial charge on any atom is 0.280 e. The van der Waals surface area contributed by atoms with E-state index in [4.69, 9.17) is 0 Å². The van der Waals surface area contributed by atoms with Gasteiger partial charge in [0.2, 0.25) is 0 Å². The first-order chi connectivity index (χ1) is 17.0. The first-order valence-electron chi connectivity index (χ1n) is 11.3. The van der Waals surface area contributed by atoms with E-state index in [0.29, 0.717) is 22.6 Å². The fraction of sp³-hybridized carbons (Fsp3) is 0.240. The Kier molecular flexibility index (Phi) is 5.43. The van der Waals surface area contributed by atoms with Crippen molar-refractivity contribution >= 4 is 33.9 Å². The molecule has 4 heterocycles. The SMILES string of the molecule is O=C(NC1CN(C2CNC2)C1C(=O)c1ccc2c(ccn2-c2ccc(F)cc2F)c1)c1nccs1. The van der Waals surface area contributed by atoms with E-state index in [2.05, 4.69) is 20.5 Å². The van der Waals surface area contributed by atoms with E-state index in [0.717, 1.165) is 24.5 Å². The molecule has 2 N–H and O–H groups in total. The van der Waals surface area contributed by atoms with Gasteiger partial charge in [0.05, 0.1) is 23.3 Å². The molecule has 0 bridgehead atoms. The minimum atomic E-state index is -0.666. The highest BCUT2D eigenvalue weighted by atomic mass is 32.1. The Balaban J connectivity index is 1.28. The molecule has 10 heteroatoms. The van der Waals surface area contributed by atoms with Gasteiger partial charge in [0.25, 0.3) is 5.91 Å². The van der Waals surface area contributed by atoms with Crippen molar-refractivity contribution in [2.45, 2.75) is 18.1 Å². The second-order valence-corrected chi connectivity index (χ2v) is 9.68. The number of benzene rings is 2. The summed E-state index contributed by atoms with van der Waals surface area (Å²) in [5.41, 5.74) is 1.45. The third-order valence-corrected chi connectivity index (χ3v) is 7.50. The lowest BCUT2D eigenvalue weighted by Crippen LogP contribution is -2.76. The van der Waals surface area contributed by atoms with Gasteiger partial charge in [-0.2, -0.15) is 0 Å². The molecular formula is C25H21F2N5O2S. The zero-order chi connectivity index (χ0) is 24.1. The molecule has 2 unspecified atom stereocenters. The molecule has 4 aromatic rings. The van der Waals surface area contributed by atoms with Crippen molar-refractivity contribution in [2.75, 3.05) is 19.6 Å². The zero-order valence-corrected chi connectivity index (χ0v) is 19.3. The molecule has 0 aliphatic carbocycles. The Bertz CT molecular complexity index is 1430. The molecule has 0 radical (unpaired) electrons. The number of amides is 1. The molecule has 2 fully saturated rings. The van der Waals surface area contributed by atoms with Gasteiger partial charge in [-0.3, -0.25) is 14.5 Å². The fourth-order valence-electron chi connectivity index (χ4n) is 4.79. The Labute approximate surface area is 203 Å². The van der Waals surface area contributed by atoms with Crippen LogP contribution < -0.4 is 10.6 Å². The number of carbonyl (C=O) groups excluding carboxylic acids is 2. The van der Waals surface area contributed by atoms with Crippen LogP contribution in [0.2, 0.25) is 0 Å². The molecule has 7 nitrogen and oxygen atoms in total. The molecule has 2 aliphatic heterocycles. The number of likely N-dealkylation sites (tertiary alicyclic amines) is 1. The molecule has 35 heavy (non-hydrogen) atoms. The third-order valence-electron chi connectivity index (χ3n) is 6.73. The lowest BCUT2D eigenvalue weighted by molar-refractivity contribution is -0.00544. The van der Waals surface area contributed by atoms with Gasteiger partial charge in [-0.15, -0.1) is 11.3 Å². The summed E-state index contributed by atoms with van der Waals surface area (Å²) in [5, 5.41) is 9.08. The highest BCUT2D eigenvalue weighted by molar-refractivity contribution is 7.11. The summed E-state index contributed by atoms with van der Waals surface area (Å²) < 4.78 is 29.3. The van der Waals surface area contributed by atoms with Crippen LogP contribution in [0.1, 0.15) is 20.2 Å². The first kappa shape index (κ1) is 22.0. The summed E-state index contributed by atoms with van der Waals surface area (Å²) in [4.78, 5) is 32.4. The van der Waals surface area contributed by atoms with Crippen LogP contribution in [-0.2, 0) is 0 Å². The van der Waals surface area contributed by atoms with Crippen molar-refractivity contribution in [2.24, 2.45) is 0 Å². The summed E-state index contributed by atoms with van der Waals surface area (Å²) >= 11 is 1.26. The number of fused-ring (bicyclic) bond motifs is 1. The highest BCUT2D eigenvalue weighted by Crippen LogP contribution is 2.29. The summed E-state index contributed by atoms with van der Waals surface area (Å²) in [7, 11) is 0. The Morgan fingerprint density at radius 3 is 2.69 bits per heavy atom. The van der Waals surface area contributed by atoms with Crippen LogP contribution in [0.4, 0.5) is 8.78 Å². The number of carbonyl (C=O) groups is 2. The van der Waals surface area contributed by atoms with Crippen molar-refractivity contribution in [3.63, 3.8) is 0 Å². The van der Waals surface area contributed by atoms with Crippen LogP contribution in [0.15, 0.2) is 60.2 Å². The molecular weight excluding hydrogens is 472 g/mol. The normalized spacial score (nSPS) is 20.4. The van der Waals surface area contributed by atoms with E-state index in [-0.39, 0.29) is 29.5 Å². The van der Waals surface area contributed by atoms with E-state index in [9.17, 15) is 18.4 Å². The number of ketones is 1. The van der Waals surface area contributed by atoms with Gasteiger partial charge in [-0.1, -0.05) is 0 Å². The molecule has 1 amide bonds. The van der Waals surface area contributed by atoms with Gasteiger partial charge in [-0.25, -0.2) is 13.8 Å². The molecule has 2 aliphatic rings. The predicted molar refractivity (Wildman–Crippen MR) is 128 cm³/mol. The predicted octanol–water partition coefficient (Wildman–Crippen LogP) is 3.00. The molecule has 2 saturated heterocycles. The van der Waals surface area contributed by atoms with Crippen LogP contribution in [0.3, 0.4) is 0 Å². The number of halogens is 2. The highest BCUT2D eigenvalue weighted by Gasteiger charge is 2.49. The maximum atomic E-state index is 14.4. The van der Waals surface area contributed by atoms with Crippen LogP contribution >= 0.6 is 11.3 Å². The second-order valence-electron chi connectivity index (χ2n) is 8.79. The summed E-state index contributed by atoms with van der Waals surface area (Å²) in [6.07, 6.45) is 3.27. The van der Waals surface area contributed by atoms with Crippen LogP contribution in [0, 0.1) is 11.6 Å². The molecule has 2 aromatic heterocycles. The largest absolute Gasteiger partial charge is 0.344 e. The van der Waals surface area contributed by atoms with E-state index in [1.54, 1.807) is 46.6 Å². The smallest absolute Gasteiger partial charge is 0.280 e. The number of nitrogens with one attached hydrogen (secondary N) is 2. The standard InChI is InChI=1S/C25H21F2N5O2S/c26-16-2-4-21(18(27)10-16)31-7-5-14-9-15(1-3-20(14)31)23(33)22-19(13-32(22)17-11-28-12-17)30-24(34)25-29-6-8-35-25/h1-10,17,19,22,28H,11-13H2,(H,30,34). The maximum absolute atomic E-state index is 14.4. The number of rotatable bonds is 6. The van der Waals surface area contributed by atoms with Crippen molar-refractivity contribution in [1.82, 2.24) is 25.1 Å². The lowest BCUT2D eigenvalue weighted by Gasteiger charge is -2.53. The van der Waals surface area contributed by atoms with Crippen molar-refractivity contribution in [1.29, 1.82) is 0 Å². The molecule has 6 rings (SSSR count). The fourth-order valence-corrected chi connectivity index (χ4v) is 5.33. The molecule has 2 atom stereocenters. The van der Waals surface area contributed by atoms with Crippen LogP contribution in [-0.4, -0.2) is 63.9 Å². The van der Waals surface area contributed by atoms with Gasteiger partial charge >= 0.3 is 0 Å². The number of hydrogen-bond acceptors (Lipinski definition) is 6. The lowest BCUT2D eigenvalue weighted by atomic mass is 9.85. The molecule has 2 aromatic carbocycles. The minimum Gasteiger partial charge on any atom is -0.344 e. The van der Waals surface area contributed by atoms with Gasteiger partial charge < -0.3 is 15.2 Å². The van der Waals surface area contributed by atoms with Gasteiger partial charge in [-0.05, 0) is 36.4 Å². The Hall–Kier alpha value is -3.47. The Morgan fingerprint density at radius 2 is 1.97 bits per heavy atom. The van der Waals surface area contributed by atoms with Gasteiger partial charge in [0.1, 0.15) is 11.6 Å². The van der Waals surface area contributed by atoms with Crippen molar-refractivity contribution in [3.8, 4) is 5.69 Å². The second kappa shape index (κ2) is 8.63. The van der Waals surface area contributed by atoms with E-state index < -0.39 is 17.7 Å². The van der Waals surface area contributed by atoms with Crippen molar-refractivity contribution < 1.29 is 18.4 Å². The van der Waals surface area contributed by atoms with Gasteiger partial charge in [0.15, 0.2) is 10.8 Å². The van der Waals surface area contributed by atoms with E-state index >= 15 is 0 Å². The summed E-state index contributed by atoms with van der Waals surface area (Å²) in [5.74, 6) is -1.65. The Morgan fingerprint density at radius 1 is 1.11 bits per heavy atom. The van der Waals surface area contributed by atoms with Gasteiger partial charge in [0, 0.05) is 60.5 Å². The summed E-state index contributed by atoms with van der Waals surface area (Å²) in [6.45, 7) is 2.21. The molecule has 0 saturated carbocycles. The average molecular weight is 494 g/mol. The quantitative estimate of drug-likeness (QED) is 0.404. The molecule has 178 valence electrons. The topological polar surface area (TPSA) is 79.3 Å². The van der Waals surface area contributed by atoms with E-state index in [1.165, 1.54) is 23.5 Å². The first-order valence-corrected chi connectivity index (χ1v) is 12.1. The van der Waals surface area contributed by atoms with E-state index in [1.807, 2.05) is 0 Å². The number of hydrogen-bond donors (Lipinski definition) is 2. The van der Waals surface area contributed by atoms with Crippen LogP contribution in [0.5, 0.6) is 0 Å². The van der Waals surface area contributed by atoms with Crippen LogP contribution in [0.25, 0.3) is 16.6 Å². The average Bonchev–Trinajstić information content (AvgIpc) is 3.47. The number of nitrogens with zero attached hydrogens (tertiary/aromatic N) is 3. The summed E-state index contributed by atoms with van der Waals surface area (Å²) in [6, 6.07) is 9.98.